The van der Waals surface area contributed by atoms with Crippen molar-refractivity contribution < 1.29 is 9.18 Å². The molecule has 138 valence electrons. The normalized spacial score (nSPS) is 10.5. The molecule has 0 bridgehead atoms. The van der Waals surface area contributed by atoms with Gasteiger partial charge in [-0.1, -0.05) is 12.1 Å². The fraction of sp³-hybridized carbons (Fsp3) is 0.150. The van der Waals surface area contributed by atoms with Gasteiger partial charge in [0.1, 0.15) is 12.4 Å². The second kappa shape index (κ2) is 7.82. The van der Waals surface area contributed by atoms with Crippen molar-refractivity contribution in [1.82, 2.24) is 9.55 Å². The monoisotopic (exact) mass is 366 g/mol. The lowest BCUT2D eigenvalue weighted by molar-refractivity contribution is -0.116. The maximum atomic E-state index is 13.8. The number of anilines is 2. The molecule has 0 radical (unpaired) electrons. The minimum absolute atomic E-state index is 0.182. The number of halogens is 1. The van der Waals surface area contributed by atoms with Crippen molar-refractivity contribution in [3.05, 3.63) is 77.1 Å². The standard InChI is InChI=1S/C20H19FN4O2/c1-24(2)15-9-7-14(8-10-15)23-19(26)12-25-13-22-18(11-20(25)27)16-5-3-4-6-17(16)21/h3-11,13H,12H2,1-2H3,(H,23,26). The van der Waals surface area contributed by atoms with Gasteiger partial charge < -0.3 is 10.2 Å². The van der Waals surface area contributed by atoms with E-state index in [-0.39, 0.29) is 23.7 Å². The molecule has 1 heterocycles. The van der Waals surface area contributed by atoms with Crippen molar-refractivity contribution in [3.63, 3.8) is 0 Å². The molecule has 27 heavy (non-hydrogen) atoms. The predicted octanol–water partition coefficient (Wildman–Crippen LogP) is 2.75. The number of amides is 1. The summed E-state index contributed by atoms with van der Waals surface area (Å²) in [5.41, 5.74) is 1.69. The lowest BCUT2D eigenvalue weighted by Gasteiger charge is -2.13. The van der Waals surface area contributed by atoms with Crippen LogP contribution in [0.15, 0.2) is 65.7 Å². The Morgan fingerprint density at radius 3 is 2.48 bits per heavy atom. The van der Waals surface area contributed by atoms with Crippen LogP contribution in [0.2, 0.25) is 0 Å². The number of carbonyl (C=O) groups is 1. The average molecular weight is 366 g/mol. The summed E-state index contributed by atoms with van der Waals surface area (Å²) in [6, 6.07) is 14.6. The zero-order valence-electron chi connectivity index (χ0n) is 15.0. The van der Waals surface area contributed by atoms with Crippen molar-refractivity contribution in [3.8, 4) is 11.3 Å². The van der Waals surface area contributed by atoms with Gasteiger partial charge in [0.25, 0.3) is 5.56 Å². The Morgan fingerprint density at radius 1 is 1.15 bits per heavy atom. The van der Waals surface area contributed by atoms with Crippen LogP contribution in [0, 0.1) is 5.82 Å². The molecule has 0 atom stereocenters. The largest absolute Gasteiger partial charge is 0.378 e. The highest BCUT2D eigenvalue weighted by molar-refractivity contribution is 5.90. The summed E-state index contributed by atoms with van der Waals surface area (Å²) in [5, 5.41) is 2.73. The molecular formula is C20H19FN4O2. The van der Waals surface area contributed by atoms with Gasteiger partial charge in [-0.2, -0.15) is 0 Å². The third kappa shape index (κ3) is 4.38. The van der Waals surface area contributed by atoms with E-state index >= 15 is 0 Å². The lowest BCUT2D eigenvalue weighted by atomic mass is 10.1. The number of carbonyl (C=O) groups excluding carboxylic acids is 1. The number of rotatable bonds is 5. The Labute approximate surface area is 155 Å². The second-order valence-corrected chi connectivity index (χ2v) is 6.21. The molecule has 1 N–H and O–H groups in total. The van der Waals surface area contributed by atoms with E-state index in [1.807, 2.05) is 31.1 Å². The number of aromatic nitrogens is 2. The Balaban J connectivity index is 1.71. The molecule has 2 aromatic carbocycles. The summed E-state index contributed by atoms with van der Waals surface area (Å²) in [7, 11) is 3.86. The Hall–Kier alpha value is -3.48. The van der Waals surface area contributed by atoms with Crippen LogP contribution in [0.4, 0.5) is 15.8 Å². The first-order valence-electron chi connectivity index (χ1n) is 8.32. The summed E-state index contributed by atoms with van der Waals surface area (Å²) in [6.45, 7) is -0.182. The summed E-state index contributed by atoms with van der Waals surface area (Å²) < 4.78 is 15.0. The molecule has 6 nitrogen and oxygen atoms in total. The Morgan fingerprint density at radius 2 is 1.85 bits per heavy atom. The molecule has 0 aliphatic rings. The minimum Gasteiger partial charge on any atom is -0.378 e. The fourth-order valence-electron chi connectivity index (χ4n) is 2.56. The van der Waals surface area contributed by atoms with E-state index in [2.05, 4.69) is 10.3 Å². The highest BCUT2D eigenvalue weighted by Crippen LogP contribution is 2.18. The van der Waals surface area contributed by atoms with Gasteiger partial charge >= 0.3 is 0 Å². The molecule has 7 heteroatoms. The van der Waals surface area contributed by atoms with Crippen molar-refractivity contribution >= 4 is 17.3 Å². The van der Waals surface area contributed by atoms with Gasteiger partial charge in [0.2, 0.25) is 5.91 Å². The van der Waals surface area contributed by atoms with Crippen LogP contribution >= 0.6 is 0 Å². The van der Waals surface area contributed by atoms with Crippen LogP contribution in [-0.2, 0) is 11.3 Å². The maximum Gasteiger partial charge on any atom is 0.254 e. The molecule has 0 aliphatic heterocycles. The first-order valence-corrected chi connectivity index (χ1v) is 8.32. The highest BCUT2D eigenvalue weighted by Gasteiger charge is 2.10. The highest BCUT2D eigenvalue weighted by atomic mass is 19.1. The van der Waals surface area contributed by atoms with Crippen molar-refractivity contribution in [2.75, 3.05) is 24.3 Å². The predicted molar refractivity (Wildman–Crippen MR) is 103 cm³/mol. The molecule has 0 spiro atoms. The lowest BCUT2D eigenvalue weighted by Crippen LogP contribution is -2.27. The van der Waals surface area contributed by atoms with E-state index in [9.17, 15) is 14.0 Å². The molecule has 1 amide bonds. The first-order chi connectivity index (χ1) is 12.9. The molecule has 0 unspecified atom stereocenters. The molecule has 0 aliphatic carbocycles. The molecule has 0 fully saturated rings. The summed E-state index contributed by atoms with van der Waals surface area (Å²) >= 11 is 0. The topological polar surface area (TPSA) is 67.2 Å². The maximum absolute atomic E-state index is 13.8. The van der Waals surface area contributed by atoms with Gasteiger partial charge in [0.15, 0.2) is 0 Å². The first kappa shape index (κ1) is 18.3. The number of nitrogens with zero attached hydrogens (tertiary/aromatic N) is 3. The van der Waals surface area contributed by atoms with Gasteiger partial charge in [0, 0.05) is 37.1 Å². The van der Waals surface area contributed by atoms with Gasteiger partial charge in [-0.3, -0.25) is 14.2 Å². The van der Waals surface area contributed by atoms with E-state index in [4.69, 9.17) is 0 Å². The third-order valence-electron chi connectivity index (χ3n) is 4.01. The molecule has 0 saturated carbocycles. The van der Waals surface area contributed by atoms with Crippen molar-refractivity contribution in [2.24, 2.45) is 0 Å². The second-order valence-electron chi connectivity index (χ2n) is 6.21. The van der Waals surface area contributed by atoms with Crippen LogP contribution in [0.5, 0.6) is 0 Å². The Bertz CT molecular complexity index is 1010. The van der Waals surface area contributed by atoms with E-state index in [0.29, 0.717) is 5.69 Å². The molecule has 1 aromatic heterocycles. The summed E-state index contributed by atoms with van der Waals surface area (Å²) in [6.07, 6.45) is 1.25. The van der Waals surface area contributed by atoms with E-state index in [0.717, 1.165) is 5.69 Å². The van der Waals surface area contributed by atoms with E-state index in [1.165, 1.54) is 23.0 Å². The van der Waals surface area contributed by atoms with Crippen LogP contribution in [0.25, 0.3) is 11.3 Å². The molecule has 3 rings (SSSR count). The Kier molecular flexibility index (Phi) is 5.30. The van der Waals surface area contributed by atoms with E-state index < -0.39 is 11.4 Å². The van der Waals surface area contributed by atoms with Crippen LogP contribution in [0.3, 0.4) is 0 Å². The summed E-state index contributed by atoms with van der Waals surface area (Å²) in [5.74, 6) is -0.809. The molecule has 0 saturated heterocycles. The van der Waals surface area contributed by atoms with Gasteiger partial charge in [0.05, 0.1) is 12.0 Å². The van der Waals surface area contributed by atoms with Gasteiger partial charge in [-0.25, -0.2) is 9.37 Å². The smallest absolute Gasteiger partial charge is 0.254 e. The average Bonchev–Trinajstić information content (AvgIpc) is 2.64. The third-order valence-corrected chi connectivity index (χ3v) is 4.01. The number of benzene rings is 2. The summed E-state index contributed by atoms with van der Waals surface area (Å²) in [4.78, 5) is 30.5. The van der Waals surface area contributed by atoms with Crippen LogP contribution in [0.1, 0.15) is 0 Å². The fourth-order valence-corrected chi connectivity index (χ4v) is 2.56. The van der Waals surface area contributed by atoms with Crippen molar-refractivity contribution in [1.29, 1.82) is 0 Å². The van der Waals surface area contributed by atoms with Gasteiger partial charge in [-0.15, -0.1) is 0 Å². The number of hydrogen-bond donors (Lipinski definition) is 1. The number of nitrogens with one attached hydrogen (secondary N) is 1. The van der Waals surface area contributed by atoms with E-state index in [1.54, 1.807) is 30.3 Å². The van der Waals surface area contributed by atoms with Crippen LogP contribution < -0.4 is 15.8 Å². The van der Waals surface area contributed by atoms with Gasteiger partial charge in [-0.05, 0) is 36.4 Å². The van der Waals surface area contributed by atoms with Crippen LogP contribution in [-0.4, -0.2) is 29.6 Å². The zero-order valence-corrected chi connectivity index (χ0v) is 15.0. The molecular weight excluding hydrogens is 347 g/mol. The molecule has 3 aromatic rings. The van der Waals surface area contributed by atoms with Crippen molar-refractivity contribution in [2.45, 2.75) is 6.54 Å². The zero-order chi connectivity index (χ0) is 19.4. The minimum atomic E-state index is -0.457. The number of hydrogen-bond acceptors (Lipinski definition) is 4. The quantitative estimate of drug-likeness (QED) is 0.754. The SMILES string of the molecule is CN(C)c1ccc(NC(=O)Cn2cnc(-c3ccccc3F)cc2=O)cc1.